The first-order chi connectivity index (χ1) is 11.0. The van der Waals surface area contributed by atoms with Crippen molar-refractivity contribution in [3.8, 4) is 0 Å². The summed E-state index contributed by atoms with van der Waals surface area (Å²) in [4.78, 5) is 8.58. The summed E-state index contributed by atoms with van der Waals surface area (Å²) >= 11 is 0. The van der Waals surface area contributed by atoms with E-state index < -0.39 is 0 Å². The number of anilines is 1. The van der Waals surface area contributed by atoms with Crippen LogP contribution in [0, 0.1) is 5.82 Å². The largest absolute Gasteiger partial charge is 0.369 e. The van der Waals surface area contributed by atoms with Crippen molar-refractivity contribution in [3.63, 3.8) is 0 Å². The standard InChI is InChI=1S/C17H20FN5/c1-4-14-9-15(23-16(22-14)20-11-21-23)19-10-17(2,3)12-6-5-7-13(18)8-12/h5-9,11,19H,4,10H2,1-3H3. The van der Waals surface area contributed by atoms with Gasteiger partial charge in [0.25, 0.3) is 5.78 Å². The first kappa shape index (κ1) is 15.4. The molecule has 5 nitrogen and oxygen atoms in total. The van der Waals surface area contributed by atoms with Crippen LogP contribution >= 0.6 is 0 Å². The van der Waals surface area contributed by atoms with Gasteiger partial charge in [-0.3, -0.25) is 0 Å². The number of aryl methyl sites for hydroxylation is 1. The van der Waals surface area contributed by atoms with Crippen molar-refractivity contribution < 1.29 is 4.39 Å². The summed E-state index contributed by atoms with van der Waals surface area (Å²) in [6.07, 6.45) is 2.32. The van der Waals surface area contributed by atoms with E-state index in [1.165, 1.54) is 12.4 Å². The molecule has 0 amide bonds. The maximum Gasteiger partial charge on any atom is 0.254 e. The van der Waals surface area contributed by atoms with Crippen LogP contribution < -0.4 is 5.32 Å². The normalized spacial score (nSPS) is 11.8. The molecule has 3 rings (SSSR count). The Labute approximate surface area is 134 Å². The fourth-order valence-electron chi connectivity index (χ4n) is 2.49. The quantitative estimate of drug-likeness (QED) is 0.786. The van der Waals surface area contributed by atoms with E-state index in [1.54, 1.807) is 16.6 Å². The SMILES string of the molecule is CCc1cc(NCC(C)(C)c2cccc(F)c2)n2ncnc2n1. The Kier molecular flexibility index (Phi) is 3.98. The molecule has 0 fully saturated rings. The first-order valence-electron chi connectivity index (χ1n) is 7.69. The van der Waals surface area contributed by atoms with Crippen LogP contribution in [0.4, 0.5) is 10.2 Å². The molecule has 0 unspecified atom stereocenters. The van der Waals surface area contributed by atoms with Crippen molar-refractivity contribution >= 4 is 11.6 Å². The third kappa shape index (κ3) is 3.16. The van der Waals surface area contributed by atoms with Gasteiger partial charge in [-0.1, -0.05) is 32.9 Å². The molecule has 0 saturated carbocycles. The van der Waals surface area contributed by atoms with Gasteiger partial charge in [-0.15, -0.1) is 0 Å². The van der Waals surface area contributed by atoms with Crippen molar-refractivity contribution in [1.29, 1.82) is 0 Å². The zero-order valence-corrected chi connectivity index (χ0v) is 13.5. The van der Waals surface area contributed by atoms with E-state index in [9.17, 15) is 4.39 Å². The summed E-state index contributed by atoms with van der Waals surface area (Å²) in [7, 11) is 0. The van der Waals surface area contributed by atoms with Gasteiger partial charge in [0.15, 0.2) is 0 Å². The molecule has 2 aromatic heterocycles. The van der Waals surface area contributed by atoms with Gasteiger partial charge in [-0.2, -0.15) is 14.6 Å². The summed E-state index contributed by atoms with van der Waals surface area (Å²) in [5, 5.41) is 7.61. The Morgan fingerprint density at radius 2 is 2.09 bits per heavy atom. The zero-order valence-electron chi connectivity index (χ0n) is 13.5. The number of fused-ring (bicyclic) bond motifs is 1. The number of aromatic nitrogens is 4. The Balaban J connectivity index is 1.86. The Bertz CT molecular complexity index is 825. The second-order valence-electron chi connectivity index (χ2n) is 6.21. The summed E-state index contributed by atoms with van der Waals surface area (Å²) in [5.74, 6) is 1.20. The van der Waals surface area contributed by atoms with Gasteiger partial charge in [0.1, 0.15) is 18.0 Å². The molecular weight excluding hydrogens is 293 g/mol. The highest BCUT2D eigenvalue weighted by molar-refractivity contribution is 5.45. The predicted molar refractivity (Wildman–Crippen MR) is 88.1 cm³/mol. The molecule has 0 aliphatic rings. The van der Waals surface area contributed by atoms with Crippen LogP contribution in [0.25, 0.3) is 5.78 Å². The molecule has 0 saturated heterocycles. The molecule has 6 heteroatoms. The van der Waals surface area contributed by atoms with Gasteiger partial charge in [-0.25, -0.2) is 9.37 Å². The lowest BCUT2D eigenvalue weighted by Crippen LogP contribution is -2.28. The average Bonchev–Trinajstić information content (AvgIpc) is 3.01. The zero-order chi connectivity index (χ0) is 16.4. The lowest BCUT2D eigenvalue weighted by atomic mass is 9.84. The molecule has 1 N–H and O–H groups in total. The van der Waals surface area contributed by atoms with Gasteiger partial charge in [0.2, 0.25) is 0 Å². The molecule has 0 bridgehead atoms. The van der Waals surface area contributed by atoms with Gasteiger partial charge in [0, 0.05) is 23.7 Å². The highest BCUT2D eigenvalue weighted by Crippen LogP contribution is 2.24. The van der Waals surface area contributed by atoms with Crippen molar-refractivity contribution in [2.75, 3.05) is 11.9 Å². The maximum atomic E-state index is 13.5. The van der Waals surface area contributed by atoms with E-state index in [-0.39, 0.29) is 11.2 Å². The molecule has 1 aromatic carbocycles. The van der Waals surface area contributed by atoms with Crippen molar-refractivity contribution in [2.45, 2.75) is 32.6 Å². The van der Waals surface area contributed by atoms with Crippen LogP contribution in [-0.2, 0) is 11.8 Å². The van der Waals surface area contributed by atoms with Crippen LogP contribution in [0.1, 0.15) is 32.0 Å². The summed E-state index contributed by atoms with van der Waals surface area (Å²) in [6.45, 7) is 6.85. The minimum atomic E-state index is -0.231. The third-order valence-corrected chi connectivity index (χ3v) is 3.98. The monoisotopic (exact) mass is 313 g/mol. The summed E-state index contributed by atoms with van der Waals surface area (Å²) in [6, 6.07) is 8.70. The summed E-state index contributed by atoms with van der Waals surface area (Å²) < 4.78 is 15.2. The van der Waals surface area contributed by atoms with E-state index in [1.807, 2.05) is 12.1 Å². The molecule has 0 spiro atoms. The smallest absolute Gasteiger partial charge is 0.254 e. The first-order valence-corrected chi connectivity index (χ1v) is 7.69. The van der Waals surface area contributed by atoms with Gasteiger partial charge in [0.05, 0.1) is 0 Å². The van der Waals surface area contributed by atoms with Gasteiger partial charge >= 0.3 is 0 Å². The topological polar surface area (TPSA) is 55.1 Å². The second kappa shape index (κ2) is 5.95. The fraction of sp³-hybridized carbons (Fsp3) is 0.353. The molecule has 23 heavy (non-hydrogen) atoms. The highest BCUT2D eigenvalue weighted by Gasteiger charge is 2.21. The fourth-order valence-corrected chi connectivity index (χ4v) is 2.49. The number of nitrogens with zero attached hydrogens (tertiary/aromatic N) is 4. The second-order valence-corrected chi connectivity index (χ2v) is 6.21. The van der Waals surface area contributed by atoms with Crippen LogP contribution in [0.5, 0.6) is 0 Å². The lowest BCUT2D eigenvalue weighted by Gasteiger charge is -2.26. The molecule has 0 atom stereocenters. The van der Waals surface area contributed by atoms with E-state index in [2.05, 4.69) is 41.2 Å². The molecule has 2 heterocycles. The van der Waals surface area contributed by atoms with Gasteiger partial charge in [-0.05, 0) is 24.1 Å². The number of hydrogen-bond donors (Lipinski definition) is 1. The van der Waals surface area contributed by atoms with Crippen LogP contribution in [0.15, 0.2) is 36.7 Å². The Morgan fingerprint density at radius 1 is 1.26 bits per heavy atom. The molecule has 0 aliphatic carbocycles. The third-order valence-electron chi connectivity index (χ3n) is 3.98. The molecular formula is C17H20FN5. The molecule has 3 aromatic rings. The highest BCUT2D eigenvalue weighted by atomic mass is 19.1. The van der Waals surface area contributed by atoms with Crippen LogP contribution in [0.2, 0.25) is 0 Å². The maximum absolute atomic E-state index is 13.5. The minimum absolute atomic E-state index is 0.216. The number of rotatable bonds is 5. The van der Waals surface area contributed by atoms with Crippen LogP contribution in [-0.4, -0.2) is 26.1 Å². The number of benzene rings is 1. The molecule has 0 radical (unpaired) electrons. The molecule has 0 aliphatic heterocycles. The van der Waals surface area contributed by atoms with E-state index in [4.69, 9.17) is 0 Å². The van der Waals surface area contributed by atoms with E-state index >= 15 is 0 Å². The Morgan fingerprint density at radius 3 is 2.83 bits per heavy atom. The van der Waals surface area contributed by atoms with E-state index in [0.29, 0.717) is 12.3 Å². The summed E-state index contributed by atoms with van der Waals surface area (Å²) in [5.41, 5.74) is 1.67. The van der Waals surface area contributed by atoms with Gasteiger partial charge < -0.3 is 5.32 Å². The van der Waals surface area contributed by atoms with Crippen molar-refractivity contribution in [3.05, 3.63) is 53.7 Å². The molecule has 120 valence electrons. The minimum Gasteiger partial charge on any atom is -0.369 e. The number of halogens is 1. The predicted octanol–water partition coefficient (Wildman–Crippen LogP) is 3.22. The average molecular weight is 313 g/mol. The number of nitrogens with one attached hydrogen (secondary N) is 1. The lowest BCUT2D eigenvalue weighted by molar-refractivity contribution is 0.544. The van der Waals surface area contributed by atoms with Crippen molar-refractivity contribution in [1.82, 2.24) is 19.6 Å². The number of hydrogen-bond acceptors (Lipinski definition) is 4. The van der Waals surface area contributed by atoms with Crippen LogP contribution in [0.3, 0.4) is 0 Å². The Hall–Kier alpha value is -2.50. The van der Waals surface area contributed by atoms with Crippen molar-refractivity contribution in [2.24, 2.45) is 0 Å². The van der Waals surface area contributed by atoms with E-state index in [0.717, 1.165) is 23.5 Å².